The summed E-state index contributed by atoms with van der Waals surface area (Å²) in [6.07, 6.45) is 0. The van der Waals surface area contributed by atoms with Gasteiger partial charge in [-0.25, -0.2) is 0 Å². The van der Waals surface area contributed by atoms with E-state index in [-0.39, 0.29) is 5.41 Å². The van der Waals surface area contributed by atoms with Crippen molar-refractivity contribution >= 4 is 5.69 Å². The molecule has 1 aliphatic carbocycles. The van der Waals surface area contributed by atoms with Crippen LogP contribution in [0.5, 0.6) is 0 Å². The molecule has 1 nitrogen and oxygen atoms in total. The van der Waals surface area contributed by atoms with E-state index in [1.54, 1.807) is 0 Å². The normalized spacial score (nSPS) is 14.5. The van der Waals surface area contributed by atoms with Crippen LogP contribution < -0.4 is 4.90 Å². The molecule has 1 aliphatic rings. The maximum Gasteiger partial charge on any atom is 0.0411 e. The predicted octanol–water partition coefficient (Wildman–Crippen LogP) is 5.35. The molecule has 0 unspecified atom stereocenters. The van der Waals surface area contributed by atoms with Gasteiger partial charge in [-0.15, -0.1) is 0 Å². The molecule has 2 aromatic carbocycles. The largest absolute Gasteiger partial charge is 0.346 e. The highest BCUT2D eigenvalue weighted by atomic mass is 15.1. The SMILES string of the molecule is C=C(C)N(CC)c1ccc2c(c1)C(C)(C)c1ccccc1-2. The first kappa shape index (κ1) is 13.9. The number of rotatable bonds is 3. The zero-order valence-corrected chi connectivity index (χ0v) is 13.4. The van der Waals surface area contributed by atoms with Crippen LogP contribution in [0, 0.1) is 0 Å². The summed E-state index contributed by atoms with van der Waals surface area (Å²) in [5.41, 5.74) is 7.99. The van der Waals surface area contributed by atoms with Crippen molar-refractivity contribution in [1.29, 1.82) is 0 Å². The molecule has 0 saturated heterocycles. The lowest BCUT2D eigenvalue weighted by molar-refractivity contribution is 0.660. The Morgan fingerprint density at radius 3 is 2.38 bits per heavy atom. The molecule has 2 aromatic rings. The molecule has 21 heavy (non-hydrogen) atoms. The molecule has 0 amide bonds. The third kappa shape index (κ3) is 1.99. The van der Waals surface area contributed by atoms with E-state index in [0.717, 1.165) is 12.2 Å². The Balaban J connectivity index is 2.18. The number of benzene rings is 2. The van der Waals surface area contributed by atoms with Gasteiger partial charge >= 0.3 is 0 Å². The molecule has 0 fully saturated rings. The molecule has 0 spiro atoms. The van der Waals surface area contributed by atoms with Crippen LogP contribution in [0.4, 0.5) is 5.69 Å². The van der Waals surface area contributed by atoms with Crippen molar-refractivity contribution in [1.82, 2.24) is 0 Å². The zero-order valence-electron chi connectivity index (χ0n) is 13.4. The minimum absolute atomic E-state index is 0.0659. The van der Waals surface area contributed by atoms with Crippen LogP contribution in [0.25, 0.3) is 11.1 Å². The second kappa shape index (κ2) is 4.77. The van der Waals surface area contributed by atoms with Crippen molar-refractivity contribution in [3.05, 3.63) is 65.9 Å². The highest BCUT2D eigenvalue weighted by Gasteiger charge is 2.35. The van der Waals surface area contributed by atoms with Gasteiger partial charge in [0.2, 0.25) is 0 Å². The number of hydrogen-bond donors (Lipinski definition) is 0. The van der Waals surface area contributed by atoms with Gasteiger partial charge in [-0.05, 0) is 48.2 Å². The third-order valence-corrected chi connectivity index (χ3v) is 4.66. The molecule has 0 heterocycles. The fourth-order valence-electron chi connectivity index (χ4n) is 3.53. The van der Waals surface area contributed by atoms with Crippen molar-refractivity contribution in [2.24, 2.45) is 0 Å². The van der Waals surface area contributed by atoms with Crippen LogP contribution in [0.1, 0.15) is 38.8 Å². The van der Waals surface area contributed by atoms with Gasteiger partial charge < -0.3 is 4.90 Å². The van der Waals surface area contributed by atoms with Gasteiger partial charge in [-0.2, -0.15) is 0 Å². The molecule has 1 heteroatoms. The average molecular weight is 277 g/mol. The summed E-state index contributed by atoms with van der Waals surface area (Å²) in [6, 6.07) is 15.6. The van der Waals surface area contributed by atoms with Crippen molar-refractivity contribution in [3.8, 4) is 11.1 Å². The first-order chi connectivity index (χ1) is 9.96. The van der Waals surface area contributed by atoms with Crippen molar-refractivity contribution < 1.29 is 0 Å². The number of fused-ring (bicyclic) bond motifs is 3. The molecule has 0 saturated carbocycles. The molecule has 0 radical (unpaired) electrons. The lowest BCUT2D eigenvalue weighted by Crippen LogP contribution is -2.21. The molecule has 0 aliphatic heterocycles. The molecular formula is C20H23N. The van der Waals surface area contributed by atoms with Crippen molar-refractivity contribution in [2.45, 2.75) is 33.1 Å². The van der Waals surface area contributed by atoms with Crippen LogP contribution in [0.2, 0.25) is 0 Å². The Bertz CT molecular complexity index is 710. The summed E-state index contributed by atoms with van der Waals surface area (Å²) in [4.78, 5) is 2.26. The Kier molecular flexibility index (Phi) is 3.16. The summed E-state index contributed by atoms with van der Waals surface area (Å²) in [5.74, 6) is 0. The monoisotopic (exact) mass is 277 g/mol. The fraction of sp³-hybridized carbons (Fsp3) is 0.300. The van der Waals surface area contributed by atoms with E-state index < -0.39 is 0 Å². The zero-order chi connectivity index (χ0) is 15.2. The van der Waals surface area contributed by atoms with Crippen molar-refractivity contribution in [2.75, 3.05) is 11.4 Å². The van der Waals surface area contributed by atoms with E-state index in [4.69, 9.17) is 0 Å². The van der Waals surface area contributed by atoms with Crippen LogP contribution >= 0.6 is 0 Å². The maximum absolute atomic E-state index is 4.10. The summed E-state index contributed by atoms with van der Waals surface area (Å²) in [6.45, 7) is 13.9. The minimum atomic E-state index is 0.0659. The van der Waals surface area contributed by atoms with E-state index in [9.17, 15) is 0 Å². The molecule has 3 rings (SSSR count). The van der Waals surface area contributed by atoms with Crippen LogP contribution in [0.15, 0.2) is 54.7 Å². The van der Waals surface area contributed by atoms with Gasteiger partial charge in [-0.1, -0.05) is 50.8 Å². The third-order valence-electron chi connectivity index (χ3n) is 4.66. The minimum Gasteiger partial charge on any atom is -0.346 e. The molecule has 0 bridgehead atoms. The Hall–Kier alpha value is -2.02. The first-order valence-electron chi connectivity index (χ1n) is 7.64. The number of hydrogen-bond acceptors (Lipinski definition) is 1. The molecular weight excluding hydrogens is 254 g/mol. The van der Waals surface area contributed by atoms with Gasteiger partial charge in [0.05, 0.1) is 0 Å². The van der Waals surface area contributed by atoms with Crippen LogP contribution in [-0.2, 0) is 5.41 Å². The highest BCUT2D eigenvalue weighted by Crippen LogP contribution is 2.49. The average Bonchev–Trinajstić information content (AvgIpc) is 2.69. The maximum atomic E-state index is 4.10. The van der Waals surface area contributed by atoms with Gasteiger partial charge in [0.15, 0.2) is 0 Å². The van der Waals surface area contributed by atoms with Gasteiger partial charge in [-0.3, -0.25) is 0 Å². The summed E-state index contributed by atoms with van der Waals surface area (Å²) in [5, 5.41) is 0. The van der Waals surface area contributed by atoms with Gasteiger partial charge in [0.1, 0.15) is 0 Å². The molecule has 0 aromatic heterocycles. The molecule has 0 atom stereocenters. The van der Waals surface area contributed by atoms with Crippen molar-refractivity contribution in [3.63, 3.8) is 0 Å². The van der Waals surface area contributed by atoms with Crippen LogP contribution in [0.3, 0.4) is 0 Å². The van der Waals surface area contributed by atoms with E-state index in [0.29, 0.717) is 0 Å². The van der Waals surface area contributed by atoms with E-state index in [1.165, 1.54) is 27.9 Å². The fourth-order valence-corrected chi connectivity index (χ4v) is 3.53. The Labute approximate surface area is 127 Å². The van der Waals surface area contributed by atoms with Crippen LogP contribution in [-0.4, -0.2) is 6.54 Å². The number of anilines is 1. The second-order valence-electron chi connectivity index (χ2n) is 6.38. The first-order valence-corrected chi connectivity index (χ1v) is 7.64. The Morgan fingerprint density at radius 1 is 1.05 bits per heavy atom. The topological polar surface area (TPSA) is 3.24 Å². The Morgan fingerprint density at radius 2 is 1.71 bits per heavy atom. The van der Waals surface area contributed by atoms with Gasteiger partial charge in [0.25, 0.3) is 0 Å². The lowest BCUT2D eigenvalue weighted by atomic mass is 9.82. The standard InChI is InChI=1S/C20H23N/c1-6-21(14(2)3)15-11-12-17-16-9-7-8-10-18(16)20(4,5)19(17)13-15/h7-13H,2,6H2,1,3-5H3. The quantitative estimate of drug-likeness (QED) is 0.730. The summed E-state index contributed by atoms with van der Waals surface area (Å²) >= 11 is 0. The van der Waals surface area contributed by atoms with Gasteiger partial charge in [0, 0.05) is 23.3 Å². The predicted molar refractivity (Wildman–Crippen MR) is 91.8 cm³/mol. The molecule has 108 valence electrons. The number of nitrogens with zero attached hydrogens (tertiary/aromatic N) is 1. The number of allylic oxidation sites excluding steroid dienone is 1. The second-order valence-corrected chi connectivity index (χ2v) is 6.38. The lowest BCUT2D eigenvalue weighted by Gasteiger charge is -2.26. The summed E-state index contributed by atoms with van der Waals surface area (Å²) < 4.78 is 0. The molecule has 0 N–H and O–H groups in total. The highest BCUT2D eigenvalue weighted by molar-refractivity contribution is 5.82. The summed E-state index contributed by atoms with van der Waals surface area (Å²) in [7, 11) is 0. The van der Waals surface area contributed by atoms with E-state index in [1.807, 2.05) is 0 Å². The van der Waals surface area contributed by atoms with E-state index >= 15 is 0 Å². The van der Waals surface area contributed by atoms with E-state index in [2.05, 4.69) is 81.6 Å². The smallest absolute Gasteiger partial charge is 0.0411 e.